The Morgan fingerprint density at radius 3 is 2.77 bits per heavy atom. The minimum absolute atomic E-state index is 0.155. The molecule has 1 aliphatic heterocycles. The molecule has 7 nitrogen and oxygen atoms in total. The lowest BCUT2D eigenvalue weighted by Gasteiger charge is -2.32. The molecule has 0 aromatic carbocycles. The standard InChI is InChI=1S/C18H23N3O4S/c1-4-24-17(22)12-7-6-8-21(9-12)15-13-11(3)14(18(23)25-5-2)26-16(13)20-10-19-15/h10,12H,4-9H2,1-3H3/t12-/m0/s1. The van der Waals surface area contributed by atoms with Gasteiger partial charge < -0.3 is 14.4 Å². The molecule has 0 radical (unpaired) electrons. The average molecular weight is 377 g/mol. The van der Waals surface area contributed by atoms with Crippen molar-refractivity contribution in [1.82, 2.24) is 9.97 Å². The predicted octanol–water partition coefficient (Wildman–Crippen LogP) is 2.96. The Hall–Kier alpha value is -2.22. The van der Waals surface area contributed by atoms with E-state index in [9.17, 15) is 9.59 Å². The molecule has 0 saturated carbocycles. The van der Waals surface area contributed by atoms with Gasteiger partial charge in [-0.15, -0.1) is 11.3 Å². The molecule has 0 bridgehead atoms. The summed E-state index contributed by atoms with van der Waals surface area (Å²) >= 11 is 1.32. The predicted molar refractivity (Wildman–Crippen MR) is 99.7 cm³/mol. The average Bonchev–Trinajstić information content (AvgIpc) is 2.99. The fourth-order valence-corrected chi connectivity index (χ4v) is 4.34. The maximum Gasteiger partial charge on any atom is 0.348 e. The number of hydrogen-bond acceptors (Lipinski definition) is 8. The Bertz CT molecular complexity index is 820. The van der Waals surface area contributed by atoms with Crippen LogP contribution in [0.1, 0.15) is 41.9 Å². The summed E-state index contributed by atoms with van der Waals surface area (Å²) in [5.41, 5.74) is 0.831. The highest BCUT2D eigenvalue weighted by Crippen LogP contribution is 2.36. The van der Waals surface area contributed by atoms with Crippen molar-refractivity contribution >= 4 is 39.3 Å². The van der Waals surface area contributed by atoms with Crippen molar-refractivity contribution in [2.24, 2.45) is 5.92 Å². The van der Waals surface area contributed by atoms with Crippen molar-refractivity contribution in [2.45, 2.75) is 33.6 Å². The molecule has 1 aliphatic rings. The zero-order valence-electron chi connectivity index (χ0n) is 15.3. The van der Waals surface area contributed by atoms with E-state index in [-0.39, 0.29) is 17.9 Å². The van der Waals surface area contributed by atoms with Gasteiger partial charge in [-0.3, -0.25) is 4.79 Å². The van der Waals surface area contributed by atoms with E-state index in [2.05, 4.69) is 14.9 Å². The highest BCUT2D eigenvalue weighted by Gasteiger charge is 2.30. The molecule has 2 aromatic rings. The van der Waals surface area contributed by atoms with Crippen molar-refractivity contribution in [3.63, 3.8) is 0 Å². The van der Waals surface area contributed by atoms with Gasteiger partial charge in [0.15, 0.2) is 0 Å². The van der Waals surface area contributed by atoms with E-state index in [0.29, 0.717) is 24.6 Å². The lowest BCUT2D eigenvalue weighted by atomic mass is 9.98. The Morgan fingerprint density at radius 2 is 2.04 bits per heavy atom. The van der Waals surface area contributed by atoms with E-state index in [1.165, 1.54) is 17.7 Å². The number of aromatic nitrogens is 2. The third kappa shape index (κ3) is 3.51. The van der Waals surface area contributed by atoms with E-state index in [4.69, 9.17) is 9.47 Å². The molecule has 0 unspecified atom stereocenters. The van der Waals surface area contributed by atoms with Crippen LogP contribution in [0.4, 0.5) is 5.82 Å². The van der Waals surface area contributed by atoms with Gasteiger partial charge in [-0.05, 0) is 39.2 Å². The molecule has 0 N–H and O–H groups in total. The normalized spacial score (nSPS) is 17.3. The minimum Gasteiger partial charge on any atom is -0.466 e. The highest BCUT2D eigenvalue weighted by molar-refractivity contribution is 7.20. The summed E-state index contributed by atoms with van der Waals surface area (Å²) in [6.07, 6.45) is 3.22. The number of aryl methyl sites for hydroxylation is 1. The second-order valence-electron chi connectivity index (χ2n) is 6.19. The van der Waals surface area contributed by atoms with E-state index in [0.717, 1.165) is 41.0 Å². The summed E-state index contributed by atoms with van der Waals surface area (Å²) in [6, 6.07) is 0. The van der Waals surface area contributed by atoms with Gasteiger partial charge in [0.2, 0.25) is 0 Å². The maximum absolute atomic E-state index is 12.2. The van der Waals surface area contributed by atoms with Crippen molar-refractivity contribution in [2.75, 3.05) is 31.2 Å². The fourth-order valence-electron chi connectivity index (χ4n) is 3.31. The summed E-state index contributed by atoms with van der Waals surface area (Å²) in [7, 11) is 0. The monoisotopic (exact) mass is 377 g/mol. The van der Waals surface area contributed by atoms with Gasteiger partial charge in [-0.2, -0.15) is 0 Å². The zero-order chi connectivity index (χ0) is 18.7. The minimum atomic E-state index is -0.331. The second kappa shape index (κ2) is 7.99. The van der Waals surface area contributed by atoms with Crippen molar-refractivity contribution < 1.29 is 19.1 Å². The van der Waals surface area contributed by atoms with Gasteiger partial charge in [0.1, 0.15) is 21.9 Å². The molecule has 3 heterocycles. The fraction of sp³-hybridized carbons (Fsp3) is 0.556. The van der Waals surface area contributed by atoms with Crippen LogP contribution in [-0.2, 0) is 14.3 Å². The number of anilines is 1. The number of piperidine rings is 1. The molecule has 2 aromatic heterocycles. The number of rotatable bonds is 5. The van der Waals surface area contributed by atoms with Crippen LogP contribution in [-0.4, -0.2) is 48.2 Å². The largest absolute Gasteiger partial charge is 0.466 e. The van der Waals surface area contributed by atoms with Gasteiger partial charge in [0.25, 0.3) is 0 Å². The quantitative estimate of drug-likeness (QED) is 0.741. The Morgan fingerprint density at radius 1 is 1.27 bits per heavy atom. The van der Waals surface area contributed by atoms with Crippen LogP contribution in [0.2, 0.25) is 0 Å². The van der Waals surface area contributed by atoms with Crippen molar-refractivity contribution in [1.29, 1.82) is 0 Å². The number of fused-ring (bicyclic) bond motifs is 1. The summed E-state index contributed by atoms with van der Waals surface area (Å²) in [5.74, 6) is 0.129. The lowest BCUT2D eigenvalue weighted by molar-refractivity contribution is -0.148. The van der Waals surface area contributed by atoms with Crippen LogP contribution in [0.3, 0.4) is 0 Å². The maximum atomic E-state index is 12.2. The molecular weight excluding hydrogens is 354 g/mol. The van der Waals surface area contributed by atoms with Crippen molar-refractivity contribution in [3.8, 4) is 0 Å². The Labute approximate surface area is 156 Å². The highest BCUT2D eigenvalue weighted by atomic mass is 32.1. The van der Waals surface area contributed by atoms with E-state index >= 15 is 0 Å². The molecule has 1 atom stereocenters. The lowest BCUT2D eigenvalue weighted by Crippen LogP contribution is -2.40. The Balaban J connectivity index is 1.95. The number of thiophene rings is 1. The molecule has 1 saturated heterocycles. The van der Waals surface area contributed by atoms with Crippen LogP contribution in [0.15, 0.2) is 6.33 Å². The van der Waals surface area contributed by atoms with Gasteiger partial charge in [0, 0.05) is 13.1 Å². The molecular formula is C18H23N3O4S. The van der Waals surface area contributed by atoms with Crippen LogP contribution >= 0.6 is 11.3 Å². The summed E-state index contributed by atoms with van der Waals surface area (Å²) in [4.78, 5) is 36.5. The summed E-state index contributed by atoms with van der Waals surface area (Å²) < 4.78 is 10.3. The van der Waals surface area contributed by atoms with Gasteiger partial charge in [-0.1, -0.05) is 0 Å². The Kier molecular flexibility index (Phi) is 5.70. The molecule has 26 heavy (non-hydrogen) atoms. The topological polar surface area (TPSA) is 81.6 Å². The molecule has 140 valence electrons. The van der Waals surface area contributed by atoms with E-state index in [1.807, 2.05) is 13.8 Å². The number of ether oxygens (including phenoxy) is 2. The number of esters is 2. The summed E-state index contributed by atoms with van der Waals surface area (Å²) in [5, 5.41) is 0.866. The number of hydrogen-bond donors (Lipinski definition) is 0. The van der Waals surface area contributed by atoms with Gasteiger partial charge in [-0.25, -0.2) is 14.8 Å². The summed E-state index contributed by atoms with van der Waals surface area (Å²) in [6.45, 7) is 7.59. The first-order chi connectivity index (χ1) is 12.6. The first kappa shape index (κ1) is 18.6. The van der Waals surface area contributed by atoms with Gasteiger partial charge >= 0.3 is 11.9 Å². The first-order valence-corrected chi connectivity index (χ1v) is 9.71. The van der Waals surface area contributed by atoms with Crippen LogP contribution in [0.25, 0.3) is 10.2 Å². The van der Waals surface area contributed by atoms with E-state index in [1.54, 1.807) is 6.92 Å². The van der Waals surface area contributed by atoms with Crippen LogP contribution in [0, 0.1) is 12.8 Å². The molecule has 0 spiro atoms. The molecule has 8 heteroatoms. The molecule has 0 aliphatic carbocycles. The second-order valence-corrected chi connectivity index (χ2v) is 7.19. The molecule has 0 amide bonds. The first-order valence-electron chi connectivity index (χ1n) is 8.89. The van der Waals surface area contributed by atoms with E-state index < -0.39 is 0 Å². The van der Waals surface area contributed by atoms with Crippen LogP contribution < -0.4 is 4.90 Å². The smallest absolute Gasteiger partial charge is 0.348 e. The van der Waals surface area contributed by atoms with Crippen molar-refractivity contribution in [3.05, 3.63) is 16.8 Å². The third-order valence-electron chi connectivity index (χ3n) is 4.51. The van der Waals surface area contributed by atoms with Gasteiger partial charge in [0.05, 0.1) is 24.5 Å². The number of nitrogens with zero attached hydrogens (tertiary/aromatic N) is 3. The number of carbonyl (C=O) groups is 2. The SMILES string of the molecule is CCOC(=O)c1sc2ncnc(N3CCC[C@H](C(=O)OCC)C3)c2c1C. The third-order valence-corrected chi connectivity index (χ3v) is 5.69. The van der Waals surface area contributed by atoms with Crippen LogP contribution in [0.5, 0.6) is 0 Å². The zero-order valence-corrected chi connectivity index (χ0v) is 16.1. The molecule has 1 fully saturated rings. The molecule has 3 rings (SSSR count). The number of carbonyl (C=O) groups excluding carboxylic acids is 2.